The molecule has 21 heavy (non-hydrogen) atoms. The molecule has 1 atom stereocenters. The molecule has 0 spiro atoms. The van der Waals surface area contributed by atoms with Crippen LogP contribution in [0.3, 0.4) is 0 Å². The number of nitrogens with two attached hydrogens (primary N) is 1. The van der Waals surface area contributed by atoms with Gasteiger partial charge in [0, 0.05) is 18.7 Å². The van der Waals surface area contributed by atoms with Gasteiger partial charge in [-0.15, -0.1) is 12.4 Å². The standard InChI is InChI=1S/C16H26N2O2.ClH/c1-19-15-9-13(10-16(11-15)20-2)12-18-8-4-3-5-14(18)6-7-17;/h9-11,14H,3-8,12,17H2,1-2H3;1H. The van der Waals surface area contributed by atoms with E-state index in [9.17, 15) is 0 Å². The van der Waals surface area contributed by atoms with E-state index in [1.54, 1.807) is 14.2 Å². The van der Waals surface area contributed by atoms with Gasteiger partial charge in [0.2, 0.25) is 0 Å². The lowest BCUT2D eigenvalue weighted by Gasteiger charge is -2.35. The van der Waals surface area contributed by atoms with Crippen LogP contribution < -0.4 is 15.2 Å². The lowest BCUT2D eigenvalue weighted by atomic mass is 9.98. The van der Waals surface area contributed by atoms with Crippen LogP contribution in [-0.4, -0.2) is 38.3 Å². The number of ether oxygens (including phenoxy) is 2. The van der Waals surface area contributed by atoms with E-state index < -0.39 is 0 Å². The minimum atomic E-state index is 0. The molecule has 1 aromatic rings. The fraction of sp³-hybridized carbons (Fsp3) is 0.625. The highest BCUT2D eigenvalue weighted by Crippen LogP contribution is 2.26. The highest BCUT2D eigenvalue weighted by molar-refractivity contribution is 5.85. The van der Waals surface area contributed by atoms with Gasteiger partial charge in [0.1, 0.15) is 11.5 Å². The molecule has 2 rings (SSSR count). The van der Waals surface area contributed by atoms with Crippen LogP contribution >= 0.6 is 12.4 Å². The molecular formula is C16H27ClN2O2. The van der Waals surface area contributed by atoms with Gasteiger partial charge in [0.15, 0.2) is 0 Å². The Morgan fingerprint density at radius 1 is 1.14 bits per heavy atom. The minimum absolute atomic E-state index is 0. The van der Waals surface area contributed by atoms with Gasteiger partial charge in [-0.2, -0.15) is 0 Å². The van der Waals surface area contributed by atoms with Crippen LogP contribution in [-0.2, 0) is 6.54 Å². The van der Waals surface area contributed by atoms with Gasteiger partial charge >= 0.3 is 0 Å². The van der Waals surface area contributed by atoms with E-state index in [1.165, 1.54) is 24.8 Å². The predicted octanol–water partition coefficient (Wildman–Crippen LogP) is 2.83. The molecule has 1 heterocycles. The predicted molar refractivity (Wildman–Crippen MR) is 88.5 cm³/mol. The Labute approximate surface area is 134 Å². The van der Waals surface area contributed by atoms with Crippen LogP contribution in [0.2, 0.25) is 0 Å². The number of halogens is 1. The zero-order chi connectivity index (χ0) is 14.4. The average molecular weight is 315 g/mol. The Balaban J connectivity index is 0.00000220. The van der Waals surface area contributed by atoms with Crippen molar-refractivity contribution in [1.82, 2.24) is 4.90 Å². The first-order valence-electron chi connectivity index (χ1n) is 7.43. The Morgan fingerprint density at radius 3 is 2.38 bits per heavy atom. The Hall–Kier alpha value is -0.970. The maximum Gasteiger partial charge on any atom is 0.122 e. The molecule has 1 unspecified atom stereocenters. The largest absolute Gasteiger partial charge is 0.497 e. The summed E-state index contributed by atoms with van der Waals surface area (Å²) in [5.41, 5.74) is 6.98. The monoisotopic (exact) mass is 314 g/mol. The molecule has 1 saturated heterocycles. The molecule has 5 heteroatoms. The number of nitrogens with zero attached hydrogens (tertiary/aromatic N) is 1. The van der Waals surface area contributed by atoms with E-state index in [4.69, 9.17) is 15.2 Å². The highest BCUT2D eigenvalue weighted by atomic mass is 35.5. The lowest BCUT2D eigenvalue weighted by Crippen LogP contribution is -2.40. The molecule has 1 aliphatic heterocycles. The van der Waals surface area contributed by atoms with Crippen molar-refractivity contribution in [1.29, 1.82) is 0 Å². The molecule has 4 nitrogen and oxygen atoms in total. The molecule has 0 amide bonds. The van der Waals surface area contributed by atoms with Gasteiger partial charge in [-0.25, -0.2) is 0 Å². The fourth-order valence-electron chi connectivity index (χ4n) is 2.98. The molecule has 1 aliphatic rings. The second-order valence-electron chi connectivity index (χ2n) is 5.42. The molecule has 120 valence electrons. The molecule has 0 radical (unpaired) electrons. The topological polar surface area (TPSA) is 47.7 Å². The van der Waals surface area contributed by atoms with Crippen molar-refractivity contribution < 1.29 is 9.47 Å². The molecule has 0 aromatic heterocycles. The van der Waals surface area contributed by atoms with E-state index in [-0.39, 0.29) is 12.4 Å². The van der Waals surface area contributed by atoms with E-state index in [2.05, 4.69) is 17.0 Å². The van der Waals surface area contributed by atoms with Crippen LogP contribution in [0.5, 0.6) is 11.5 Å². The third-order valence-electron chi connectivity index (χ3n) is 4.05. The molecular weight excluding hydrogens is 288 g/mol. The summed E-state index contributed by atoms with van der Waals surface area (Å²) in [6.07, 6.45) is 4.95. The van der Waals surface area contributed by atoms with Crippen molar-refractivity contribution in [2.24, 2.45) is 5.73 Å². The smallest absolute Gasteiger partial charge is 0.122 e. The maximum atomic E-state index is 5.74. The summed E-state index contributed by atoms with van der Waals surface area (Å²) < 4.78 is 10.7. The Bertz CT molecular complexity index is 404. The van der Waals surface area contributed by atoms with E-state index in [0.717, 1.165) is 37.6 Å². The number of hydrogen-bond acceptors (Lipinski definition) is 4. The van der Waals surface area contributed by atoms with Crippen LogP contribution in [0.25, 0.3) is 0 Å². The van der Waals surface area contributed by atoms with E-state index in [0.29, 0.717) is 6.04 Å². The summed E-state index contributed by atoms with van der Waals surface area (Å²) in [4.78, 5) is 2.55. The van der Waals surface area contributed by atoms with Crippen molar-refractivity contribution in [3.63, 3.8) is 0 Å². The van der Waals surface area contributed by atoms with Gasteiger partial charge in [-0.3, -0.25) is 4.90 Å². The van der Waals surface area contributed by atoms with E-state index >= 15 is 0 Å². The summed E-state index contributed by atoms with van der Waals surface area (Å²) in [5, 5.41) is 0. The number of piperidine rings is 1. The average Bonchev–Trinajstić information content (AvgIpc) is 2.49. The zero-order valence-corrected chi connectivity index (χ0v) is 13.8. The van der Waals surface area contributed by atoms with E-state index in [1.807, 2.05) is 6.07 Å². The molecule has 0 aliphatic carbocycles. The summed E-state index contributed by atoms with van der Waals surface area (Å²) in [5.74, 6) is 1.71. The summed E-state index contributed by atoms with van der Waals surface area (Å²) in [6.45, 7) is 2.87. The van der Waals surface area contributed by atoms with Crippen molar-refractivity contribution in [2.75, 3.05) is 27.3 Å². The summed E-state index contributed by atoms with van der Waals surface area (Å²) in [6, 6.07) is 6.72. The quantitative estimate of drug-likeness (QED) is 0.877. The van der Waals surface area contributed by atoms with Crippen LogP contribution in [0, 0.1) is 0 Å². The lowest BCUT2D eigenvalue weighted by molar-refractivity contribution is 0.134. The maximum absolute atomic E-state index is 5.74. The number of likely N-dealkylation sites (tertiary alicyclic amines) is 1. The van der Waals surface area contributed by atoms with Gasteiger partial charge in [-0.05, 0) is 50.0 Å². The number of methoxy groups -OCH3 is 2. The van der Waals surface area contributed by atoms with Gasteiger partial charge in [0.05, 0.1) is 14.2 Å². The number of rotatable bonds is 6. The summed E-state index contributed by atoms with van der Waals surface area (Å²) >= 11 is 0. The van der Waals surface area contributed by atoms with Gasteiger partial charge < -0.3 is 15.2 Å². The zero-order valence-electron chi connectivity index (χ0n) is 13.0. The fourth-order valence-corrected chi connectivity index (χ4v) is 2.98. The Kier molecular flexibility index (Phi) is 7.86. The first kappa shape index (κ1) is 18.1. The van der Waals surface area contributed by atoms with Crippen molar-refractivity contribution in [3.8, 4) is 11.5 Å². The van der Waals surface area contributed by atoms with Gasteiger partial charge in [-0.1, -0.05) is 6.42 Å². The SMILES string of the molecule is COc1cc(CN2CCCCC2CCN)cc(OC)c1.Cl. The third-order valence-corrected chi connectivity index (χ3v) is 4.05. The second kappa shape index (κ2) is 9.13. The first-order chi connectivity index (χ1) is 9.76. The van der Waals surface area contributed by atoms with Crippen LogP contribution in [0.1, 0.15) is 31.2 Å². The Morgan fingerprint density at radius 2 is 1.81 bits per heavy atom. The molecule has 0 bridgehead atoms. The first-order valence-corrected chi connectivity index (χ1v) is 7.43. The summed E-state index contributed by atoms with van der Waals surface area (Å²) in [7, 11) is 3.38. The highest BCUT2D eigenvalue weighted by Gasteiger charge is 2.21. The van der Waals surface area contributed by atoms with Crippen LogP contribution in [0.4, 0.5) is 0 Å². The van der Waals surface area contributed by atoms with Crippen molar-refractivity contribution in [2.45, 2.75) is 38.3 Å². The number of benzene rings is 1. The normalized spacial score (nSPS) is 18.9. The molecule has 0 saturated carbocycles. The third kappa shape index (κ3) is 5.06. The van der Waals surface area contributed by atoms with Crippen molar-refractivity contribution in [3.05, 3.63) is 23.8 Å². The van der Waals surface area contributed by atoms with Gasteiger partial charge in [0.25, 0.3) is 0 Å². The molecule has 1 fully saturated rings. The van der Waals surface area contributed by atoms with Crippen molar-refractivity contribution >= 4 is 12.4 Å². The van der Waals surface area contributed by atoms with Crippen LogP contribution in [0.15, 0.2) is 18.2 Å². The molecule has 2 N–H and O–H groups in total. The second-order valence-corrected chi connectivity index (χ2v) is 5.42. The number of hydrogen-bond donors (Lipinski definition) is 1. The molecule has 1 aromatic carbocycles. The minimum Gasteiger partial charge on any atom is -0.497 e.